The van der Waals surface area contributed by atoms with Crippen LogP contribution in [0.5, 0.6) is 0 Å². The number of carbonyl (C=O) groups is 1. The van der Waals surface area contributed by atoms with E-state index in [-0.39, 0.29) is 5.91 Å². The molecular weight excluding hydrogens is 286 g/mol. The minimum Gasteiger partial charge on any atom is -0.348 e. The van der Waals surface area contributed by atoms with Crippen molar-refractivity contribution in [2.45, 2.75) is 16.3 Å². The van der Waals surface area contributed by atoms with Gasteiger partial charge in [-0.1, -0.05) is 12.1 Å². The van der Waals surface area contributed by atoms with Crippen molar-refractivity contribution in [1.29, 1.82) is 0 Å². The van der Waals surface area contributed by atoms with E-state index in [1.54, 1.807) is 23.5 Å². The molecule has 2 aromatic carbocycles. The molecule has 0 bridgehead atoms. The highest BCUT2D eigenvalue weighted by Crippen LogP contribution is 2.16. The van der Waals surface area contributed by atoms with E-state index < -0.39 is 0 Å². The number of nitrogens with one attached hydrogen (secondary N) is 1. The van der Waals surface area contributed by atoms with E-state index >= 15 is 0 Å². The van der Waals surface area contributed by atoms with Crippen molar-refractivity contribution in [2.24, 2.45) is 0 Å². The molecule has 0 spiro atoms. The second-order valence-corrected chi connectivity index (χ2v) is 6.02. The smallest absolute Gasteiger partial charge is 0.251 e. The van der Waals surface area contributed by atoms with Gasteiger partial charge in [0, 0.05) is 21.9 Å². The molecule has 0 saturated carbocycles. The summed E-state index contributed by atoms with van der Waals surface area (Å²) >= 11 is 3.38. The topological polar surface area (TPSA) is 29.1 Å². The van der Waals surface area contributed by atoms with Gasteiger partial charge in [0.2, 0.25) is 0 Å². The lowest BCUT2D eigenvalue weighted by Crippen LogP contribution is -2.22. The predicted molar refractivity (Wildman–Crippen MR) is 87.6 cm³/mol. The minimum absolute atomic E-state index is 0.0356. The molecule has 0 aliphatic heterocycles. The van der Waals surface area contributed by atoms with Crippen molar-refractivity contribution < 1.29 is 4.79 Å². The number of thioether (sulfide) groups is 2. The first-order valence-corrected chi connectivity index (χ1v) is 8.73. The van der Waals surface area contributed by atoms with Crippen LogP contribution >= 0.6 is 23.5 Å². The van der Waals surface area contributed by atoms with Crippen LogP contribution in [0.2, 0.25) is 0 Å². The normalized spacial score (nSPS) is 10.3. The molecule has 0 aromatic heterocycles. The van der Waals surface area contributed by atoms with E-state index in [1.165, 1.54) is 4.90 Å². The van der Waals surface area contributed by atoms with E-state index in [2.05, 4.69) is 23.7 Å². The van der Waals surface area contributed by atoms with E-state index in [1.807, 2.05) is 42.7 Å². The third kappa shape index (κ3) is 4.05. The summed E-state index contributed by atoms with van der Waals surface area (Å²) in [5, 5.41) is 2.94. The highest BCUT2D eigenvalue weighted by Gasteiger charge is 2.05. The number of hydrogen-bond acceptors (Lipinski definition) is 3. The number of hydrogen-bond donors (Lipinski definition) is 1. The molecule has 0 fully saturated rings. The minimum atomic E-state index is -0.0356. The maximum absolute atomic E-state index is 12.0. The van der Waals surface area contributed by atoms with Gasteiger partial charge in [-0.05, 0) is 54.5 Å². The highest BCUT2D eigenvalue weighted by atomic mass is 32.2. The van der Waals surface area contributed by atoms with Gasteiger partial charge in [0.25, 0.3) is 5.91 Å². The van der Waals surface area contributed by atoms with Gasteiger partial charge in [0.05, 0.1) is 0 Å². The fourth-order valence-corrected chi connectivity index (χ4v) is 2.59. The molecule has 1 N–H and O–H groups in total. The van der Waals surface area contributed by atoms with Gasteiger partial charge < -0.3 is 5.32 Å². The Hall–Kier alpha value is -1.39. The first-order chi connectivity index (χ1) is 9.72. The first-order valence-electron chi connectivity index (χ1n) is 6.28. The second-order valence-electron chi connectivity index (χ2n) is 4.26. The Morgan fingerprint density at radius 1 is 0.900 bits per heavy atom. The Labute approximate surface area is 128 Å². The number of rotatable bonds is 5. The molecule has 0 aliphatic carbocycles. The molecule has 4 heteroatoms. The fraction of sp³-hybridized carbons (Fsp3) is 0.188. The number of amides is 1. The molecule has 2 nitrogen and oxygen atoms in total. The molecule has 0 radical (unpaired) electrons. The molecule has 0 aliphatic rings. The Kier molecular flexibility index (Phi) is 5.56. The molecule has 2 rings (SSSR count). The maximum Gasteiger partial charge on any atom is 0.251 e. The summed E-state index contributed by atoms with van der Waals surface area (Å²) in [7, 11) is 0. The average molecular weight is 303 g/mol. The van der Waals surface area contributed by atoms with Crippen molar-refractivity contribution >= 4 is 29.4 Å². The van der Waals surface area contributed by atoms with Crippen LogP contribution in [0.4, 0.5) is 0 Å². The molecule has 20 heavy (non-hydrogen) atoms. The van der Waals surface area contributed by atoms with E-state index in [0.29, 0.717) is 12.1 Å². The Morgan fingerprint density at radius 2 is 1.40 bits per heavy atom. The third-order valence-corrected chi connectivity index (χ3v) is 4.45. The van der Waals surface area contributed by atoms with E-state index in [0.717, 1.165) is 10.5 Å². The summed E-state index contributed by atoms with van der Waals surface area (Å²) in [5.41, 5.74) is 1.81. The van der Waals surface area contributed by atoms with Gasteiger partial charge >= 0.3 is 0 Å². The zero-order valence-corrected chi connectivity index (χ0v) is 13.2. The Morgan fingerprint density at radius 3 is 1.90 bits per heavy atom. The monoisotopic (exact) mass is 303 g/mol. The van der Waals surface area contributed by atoms with E-state index in [9.17, 15) is 4.79 Å². The van der Waals surface area contributed by atoms with Crippen LogP contribution in [0, 0.1) is 0 Å². The zero-order chi connectivity index (χ0) is 14.4. The lowest BCUT2D eigenvalue weighted by molar-refractivity contribution is 0.0951. The van der Waals surface area contributed by atoms with Crippen molar-refractivity contribution in [2.75, 3.05) is 12.5 Å². The van der Waals surface area contributed by atoms with Gasteiger partial charge in [-0.3, -0.25) is 4.79 Å². The summed E-state index contributed by atoms with van der Waals surface area (Å²) < 4.78 is 0. The second kappa shape index (κ2) is 7.41. The lowest BCUT2D eigenvalue weighted by Gasteiger charge is -2.06. The van der Waals surface area contributed by atoms with Gasteiger partial charge in [-0.2, -0.15) is 0 Å². The summed E-state index contributed by atoms with van der Waals surface area (Å²) in [4.78, 5) is 14.4. The van der Waals surface area contributed by atoms with Crippen LogP contribution in [-0.4, -0.2) is 18.4 Å². The molecule has 0 heterocycles. The van der Waals surface area contributed by atoms with Crippen LogP contribution < -0.4 is 5.32 Å². The first kappa shape index (κ1) is 15.0. The van der Waals surface area contributed by atoms with Gasteiger partial charge in [-0.15, -0.1) is 23.5 Å². The number of benzene rings is 2. The van der Waals surface area contributed by atoms with Gasteiger partial charge in [0.1, 0.15) is 0 Å². The molecule has 0 unspecified atom stereocenters. The van der Waals surface area contributed by atoms with Crippen LogP contribution in [0.25, 0.3) is 0 Å². The van der Waals surface area contributed by atoms with Crippen LogP contribution in [0.1, 0.15) is 15.9 Å². The Bertz CT molecular complexity index is 564. The van der Waals surface area contributed by atoms with Crippen LogP contribution in [0.3, 0.4) is 0 Å². The summed E-state index contributed by atoms with van der Waals surface area (Å²) in [6.07, 6.45) is 4.07. The molecular formula is C16H17NOS2. The number of carbonyl (C=O) groups excluding carboxylic acids is 1. The van der Waals surface area contributed by atoms with Crippen LogP contribution in [-0.2, 0) is 6.54 Å². The predicted octanol–water partition coefficient (Wildman–Crippen LogP) is 4.06. The molecule has 2 aromatic rings. The van der Waals surface area contributed by atoms with Crippen molar-refractivity contribution in [3.05, 3.63) is 59.7 Å². The third-order valence-electron chi connectivity index (χ3n) is 2.96. The largest absolute Gasteiger partial charge is 0.348 e. The zero-order valence-electron chi connectivity index (χ0n) is 11.6. The molecule has 0 atom stereocenters. The van der Waals surface area contributed by atoms with Crippen molar-refractivity contribution in [3.8, 4) is 0 Å². The van der Waals surface area contributed by atoms with Crippen molar-refractivity contribution in [3.63, 3.8) is 0 Å². The van der Waals surface area contributed by atoms with Crippen molar-refractivity contribution in [1.82, 2.24) is 5.32 Å². The quantitative estimate of drug-likeness (QED) is 0.845. The fourth-order valence-electron chi connectivity index (χ4n) is 1.77. The molecule has 104 valence electrons. The summed E-state index contributed by atoms with van der Waals surface area (Å²) in [5.74, 6) is -0.0356. The Balaban J connectivity index is 1.93. The highest BCUT2D eigenvalue weighted by molar-refractivity contribution is 7.98. The van der Waals surface area contributed by atoms with E-state index in [4.69, 9.17) is 0 Å². The van der Waals surface area contributed by atoms with Crippen LogP contribution in [0.15, 0.2) is 58.3 Å². The lowest BCUT2D eigenvalue weighted by atomic mass is 10.2. The summed E-state index contributed by atoms with van der Waals surface area (Å²) in [6.45, 7) is 0.553. The standard InChI is InChI=1S/C16H17NOS2/c1-19-14-7-3-12(4-8-14)11-17-16(18)13-5-9-15(20-2)10-6-13/h3-10H,11H2,1-2H3,(H,17,18). The van der Waals surface area contributed by atoms with Gasteiger partial charge in [0.15, 0.2) is 0 Å². The maximum atomic E-state index is 12.0. The van der Waals surface area contributed by atoms with Gasteiger partial charge in [-0.25, -0.2) is 0 Å². The molecule has 1 amide bonds. The molecule has 0 saturated heterocycles. The SMILES string of the molecule is CSc1ccc(CNC(=O)c2ccc(SC)cc2)cc1. The summed E-state index contributed by atoms with van der Waals surface area (Å²) in [6, 6.07) is 15.9. The average Bonchev–Trinajstić information content (AvgIpc) is 2.53.